The first-order valence-corrected chi connectivity index (χ1v) is 8.18. The van der Waals surface area contributed by atoms with Crippen LogP contribution in [0, 0.1) is 6.92 Å². The van der Waals surface area contributed by atoms with Crippen LogP contribution in [0.25, 0.3) is 10.9 Å². The maximum Gasteiger partial charge on any atom is 0.242 e. The number of benzene rings is 1. The van der Waals surface area contributed by atoms with Crippen LogP contribution < -0.4 is 5.43 Å². The number of carbonyl (C=O) groups excluding carboxylic acids is 1. The van der Waals surface area contributed by atoms with Gasteiger partial charge in [0, 0.05) is 36.8 Å². The number of ether oxygens (including phenoxy) is 1. The van der Waals surface area contributed by atoms with Gasteiger partial charge in [0.25, 0.3) is 0 Å². The molecule has 24 heavy (non-hydrogen) atoms. The van der Waals surface area contributed by atoms with Gasteiger partial charge in [0.1, 0.15) is 12.6 Å². The third-order valence-corrected chi connectivity index (χ3v) is 4.49. The molecule has 0 saturated carbocycles. The van der Waals surface area contributed by atoms with E-state index in [0.717, 1.165) is 11.2 Å². The van der Waals surface area contributed by atoms with Crippen molar-refractivity contribution in [3.05, 3.63) is 46.2 Å². The van der Waals surface area contributed by atoms with Crippen LogP contribution >= 0.6 is 0 Å². The summed E-state index contributed by atoms with van der Waals surface area (Å²) in [4.78, 5) is 26.4. The predicted octanol–water partition coefficient (Wildman–Crippen LogP) is 0.918. The van der Waals surface area contributed by atoms with E-state index >= 15 is 0 Å². The molecule has 1 N–H and O–H groups in total. The summed E-state index contributed by atoms with van der Waals surface area (Å²) in [6.45, 7) is 5.01. The molecule has 0 radical (unpaired) electrons. The molecule has 1 aliphatic rings. The minimum atomic E-state index is -0.652. The lowest BCUT2D eigenvalue weighted by molar-refractivity contribution is -0.131. The number of rotatable bonds is 4. The molecule has 1 aromatic heterocycles. The summed E-state index contributed by atoms with van der Waals surface area (Å²) in [6, 6.07) is 8.83. The highest BCUT2D eigenvalue weighted by Crippen LogP contribution is 2.17. The number of likely N-dealkylation sites (tertiary alicyclic amines) is 1. The van der Waals surface area contributed by atoms with Crippen molar-refractivity contribution >= 4 is 16.8 Å². The molecule has 6 heteroatoms. The Kier molecular flexibility index (Phi) is 4.69. The zero-order valence-corrected chi connectivity index (χ0v) is 13.9. The summed E-state index contributed by atoms with van der Waals surface area (Å²) < 4.78 is 7.31. The highest BCUT2D eigenvalue weighted by Gasteiger charge is 2.34. The lowest BCUT2D eigenvalue weighted by Gasteiger charge is -2.19. The Morgan fingerprint density at radius 3 is 2.83 bits per heavy atom. The molecule has 1 aliphatic heterocycles. The van der Waals surface area contributed by atoms with E-state index < -0.39 is 6.10 Å². The van der Waals surface area contributed by atoms with Crippen molar-refractivity contribution in [2.45, 2.75) is 32.6 Å². The molecule has 1 fully saturated rings. The molecule has 1 saturated heterocycles. The highest BCUT2D eigenvalue weighted by atomic mass is 16.5. The van der Waals surface area contributed by atoms with Crippen LogP contribution in [0.15, 0.2) is 35.1 Å². The number of aliphatic hydroxyl groups is 1. The van der Waals surface area contributed by atoms with Crippen LogP contribution in [0.5, 0.6) is 0 Å². The largest absolute Gasteiger partial charge is 0.388 e. The predicted molar refractivity (Wildman–Crippen MR) is 90.9 cm³/mol. The van der Waals surface area contributed by atoms with Crippen LogP contribution in [0.2, 0.25) is 0 Å². The molecule has 0 bridgehead atoms. The van der Waals surface area contributed by atoms with Gasteiger partial charge in [-0.25, -0.2) is 0 Å². The van der Waals surface area contributed by atoms with Crippen molar-refractivity contribution in [2.75, 3.05) is 19.7 Å². The summed E-state index contributed by atoms with van der Waals surface area (Å²) in [7, 11) is 0. The monoisotopic (exact) mass is 330 g/mol. The Bertz CT molecular complexity index is 814. The third kappa shape index (κ3) is 3.07. The van der Waals surface area contributed by atoms with Gasteiger partial charge < -0.3 is 19.3 Å². The average molecular weight is 330 g/mol. The van der Waals surface area contributed by atoms with E-state index in [1.807, 2.05) is 36.6 Å². The van der Waals surface area contributed by atoms with Gasteiger partial charge in [0.2, 0.25) is 5.91 Å². The van der Waals surface area contributed by atoms with Crippen LogP contribution in [-0.2, 0) is 16.1 Å². The zero-order valence-electron chi connectivity index (χ0n) is 13.9. The maximum atomic E-state index is 12.7. The number of para-hydroxylation sites is 1. The Morgan fingerprint density at radius 1 is 1.33 bits per heavy atom. The summed E-state index contributed by atoms with van der Waals surface area (Å²) >= 11 is 0. The molecule has 1 amide bonds. The topological polar surface area (TPSA) is 71.8 Å². The summed E-state index contributed by atoms with van der Waals surface area (Å²) in [5.41, 5.74) is 1.45. The molecule has 2 aromatic rings. The first-order chi connectivity index (χ1) is 11.5. The number of β-amino-alcohol motifs (C(OH)–C–C–N with tert-alkyl or cyclic N) is 1. The fourth-order valence-corrected chi connectivity index (χ4v) is 3.24. The van der Waals surface area contributed by atoms with Gasteiger partial charge in [-0.3, -0.25) is 9.59 Å². The van der Waals surface area contributed by atoms with Crippen molar-refractivity contribution in [1.82, 2.24) is 9.47 Å². The number of fused-ring (bicyclic) bond motifs is 1. The van der Waals surface area contributed by atoms with E-state index in [2.05, 4.69) is 0 Å². The van der Waals surface area contributed by atoms with Gasteiger partial charge in [0.05, 0.1) is 11.6 Å². The molecule has 2 atom stereocenters. The number of nitrogens with zero attached hydrogens (tertiary/aromatic N) is 2. The van der Waals surface area contributed by atoms with Gasteiger partial charge in [-0.1, -0.05) is 12.1 Å². The second-order valence-corrected chi connectivity index (χ2v) is 6.11. The molecule has 0 spiro atoms. The normalized spacial score (nSPS) is 20.7. The Hall–Kier alpha value is -2.18. The summed E-state index contributed by atoms with van der Waals surface area (Å²) in [5.74, 6) is -0.0897. The van der Waals surface area contributed by atoms with Gasteiger partial charge in [-0.05, 0) is 26.0 Å². The lowest BCUT2D eigenvalue weighted by Crippen LogP contribution is -2.34. The Balaban J connectivity index is 1.86. The summed E-state index contributed by atoms with van der Waals surface area (Å²) in [6.07, 6.45) is -0.980. The van der Waals surface area contributed by atoms with E-state index in [-0.39, 0.29) is 30.5 Å². The fraction of sp³-hybridized carbons (Fsp3) is 0.444. The number of aliphatic hydroxyl groups excluding tert-OH is 1. The minimum Gasteiger partial charge on any atom is -0.388 e. The van der Waals surface area contributed by atoms with E-state index in [9.17, 15) is 14.7 Å². The van der Waals surface area contributed by atoms with E-state index in [1.165, 1.54) is 0 Å². The molecule has 6 nitrogen and oxygen atoms in total. The first kappa shape index (κ1) is 16.7. The number of carbonyl (C=O) groups is 1. The van der Waals surface area contributed by atoms with Gasteiger partial charge in [-0.2, -0.15) is 0 Å². The van der Waals surface area contributed by atoms with Crippen molar-refractivity contribution < 1.29 is 14.6 Å². The van der Waals surface area contributed by atoms with Crippen LogP contribution in [0.1, 0.15) is 12.6 Å². The fourth-order valence-electron chi connectivity index (χ4n) is 3.24. The highest BCUT2D eigenvalue weighted by molar-refractivity contribution is 5.83. The molecule has 0 aliphatic carbocycles. The molecular weight excluding hydrogens is 308 g/mol. The van der Waals surface area contributed by atoms with Crippen LogP contribution in [0.4, 0.5) is 0 Å². The third-order valence-electron chi connectivity index (χ3n) is 4.49. The molecule has 128 valence electrons. The summed E-state index contributed by atoms with van der Waals surface area (Å²) in [5, 5.41) is 10.6. The number of aryl methyl sites for hydroxylation is 1. The average Bonchev–Trinajstić information content (AvgIpc) is 2.93. The van der Waals surface area contributed by atoms with Crippen molar-refractivity contribution in [3.8, 4) is 0 Å². The zero-order chi connectivity index (χ0) is 17.3. The van der Waals surface area contributed by atoms with Crippen molar-refractivity contribution in [2.24, 2.45) is 0 Å². The minimum absolute atomic E-state index is 0.0418. The number of aromatic nitrogens is 1. The lowest BCUT2D eigenvalue weighted by atomic mass is 10.2. The smallest absolute Gasteiger partial charge is 0.242 e. The molecule has 3 rings (SSSR count). The first-order valence-electron chi connectivity index (χ1n) is 8.18. The van der Waals surface area contributed by atoms with Crippen molar-refractivity contribution in [3.63, 3.8) is 0 Å². The van der Waals surface area contributed by atoms with Gasteiger partial charge >= 0.3 is 0 Å². The van der Waals surface area contributed by atoms with Gasteiger partial charge in [-0.15, -0.1) is 0 Å². The molecule has 2 heterocycles. The van der Waals surface area contributed by atoms with E-state index in [0.29, 0.717) is 18.5 Å². The Labute approximate surface area is 140 Å². The number of hydrogen-bond acceptors (Lipinski definition) is 4. The number of amides is 1. The van der Waals surface area contributed by atoms with E-state index in [4.69, 9.17) is 4.74 Å². The SMILES string of the molecule is CCO[C@@H]1CN(C(=O)Cn2c(C)cc(=O)c3ccccc32)C[C@H]1O. The second-order valence-electron chi connectivity index (χ2n) is 6.11. The Morgan fingerprint density at radius 2 is 2.08 bits per heavy atom. The van der Waals surface area contributed by atoms with E-state index in [1.54, 1.807) is 17.0 Å². The molecular formula is C18H22N2O4. The second kappa shape index (κ2) is 6.75. The molecule has 0 unspecified atom stereocenters. The quantitative estimate of drug-likeness (QED) is 0.905. The number of hydrogen-bond donors (Lipinski definition) is 1. The number of pyridine rings is 1. The molecule has 1 aromatic carbocycles. The van der Waals surface area contributed by atoms with Crippen LogP contribution in [-0.4, -0.2) is 52.4 Å². The van der Waals surface area contributed by atoms with Crippen LogP contribution in [0.3, 0.4) is 0 Å². The van der Waals surface area contributed by atoms with Gasteiger partial charge in [0.15, 0.2) is 5.43 Å². The standard InChI is InChI=1S/C18H22N2O4/c1-3-24-17-10-19(9-16(17)22)18(23)11-20-12(2)8-15(21)13-6-4-5-7-14(13)20/h4-8,16-17,22H,3,9-11H2,1-2H3/t16-,17-/m1/s1. The van der Waals surface area contributed by atoms with Crippen molar-refractivity contribution in [1.29, 1.82) is 0 Å². The maximum absolute atomic E-state index is 12.7.